The molecule has 2 aromatic rings. The highest BCUT2D eigenvalue weighted by Crippen LogP contribution is 2.23. The van der Waals surface area contributed by atoms with Gasteiger partial charge in [-0.2, -0.15) is 0 Å². The molecule has 30 heavy (non-hydrogen) atoms. The van der Waals surface area contributed by atoms with Crippen LogP contribution in [-0.2, 0) is 4.79 Å². The lowest BCUT2D eigenvalue weighted by atomic mass is 9.95. The summed E-state index contributed by atoms with van der Waals surface area (Å²) in [6, 6.07) is 15.9. The highest BCUT2D eigenvalue weighted by Gasteiger charge is 2.28. The van der Waals surface area contributed by atoms with E-state index in [9.17, 15) is 9.59 Å². The average molecular weight is 472 g/mol. The minimum atomic E-state index is -0.0681. The number of benzene rings is 2. The van der Waals surface area contributed by atoms with Gasteiger partial charge in [-0.15, -0.1) is 0 Å². The van der Waals surface area contributed by atoms with E-state index in [2.05, 4.69) is 59.1 Å². The fourth-order valence-electron chi connectivity index (χ4n) is 3.95. The van der Waals surface area contributed by atoms with E-state index < -0.39 is 0 Å². The van der Waals surface area contributed by atoms with Crippen molar-refractivity contribution in [1.29, 1.82) is 0 Å². The Bertz CT molecular complexity index is 857. The Hall–Kier alpha value is -2.34. The molecule has 1 saturated heterocycles. The summed E-state index contributed by atoms with van der Waals surface area (Å²) in [7, 11) is 0. The van der Waals surface area contributed by atoms with Crippen molar-refractivity contribution < 1.29 is 9.59 Å². The summed E-state index contributed by atoms with van der Waals surface area (Å²) in [4.78, 5) is 29.5. The maximum atomic E-state index is 12.7. The van der Waals surface area contributed by atoms with Gasteiger partial charge in [-0.05, 0) is 82.1 Å². The van der Waals surface area contributed by atoms with Crippen LogP contribution in [0.3, 0.4) is 0 Å². The fourth-order valence-corrected chi connectivity index (χ4v) is 4.21. The van der Waals surface area contributed by atoms with Crippen molar-refractivity contribution in [2.24, 2.45) is 5.92 Å². The van der Waals surface area contributed by atoms with Gasteiger partial charge in [0.15, 0.2) is 0 Å². The predicted molar refractivity (Wildman–Crippen MR) is 126 cm³/mol. The number of likely N-dealkylation sites (tertiary alicyclic amines) is 1. The summed E-state index contributed by atoms with van der Waals surface area (Å²) >= 11 is 3.39. The van der Waals surface area contributed by atoms with Crippen LogP contribution in [-0.4, -0.2) is 42.4 Å². The third kappa shape index (κ3) is 5.42. The molecule has 0 saturated carbocycles. The van der Waals surface area contributed by atoms with E-state index in [1.807, 2.05) is 41.3 Å². The van der Waals surface area contributed by atoms with Gasteiger partial charge >= 0.3 is 0 Å². The number of piperidine rings is 1. The topological polar surface area (TPSA) is 52.7 Å². The molecule has 160 valence electrons. The lowest BCUT2D eigenvalue weighted by Crippen LogP contribution is -2.41. The first kappa shape index (κ1) is 22.3. The third-order valence-electron chi connectivity index (χ3n) is 5.67. The van der Waals surface area contributed by atoms with Crippen LogP contribution in [0.1, 0.15) is 44.0 Å². The molecule has 0 atom stereocenters. The maximum absolute atomic E-state index is 12.7. The summed E-state index contributed by atoms with van der Waals surface area (Å²) in [6.45, 7) is 8.64. The molecule has 0 spiro atoms. The molecule has 1 heterocycles. The number of nitrogens with one attached hydrogen (secondary N) is 1. The van der Waals surface area contributed by atoms with Crippen LogP contribution in [0.2, 0.25) is 0 Å². The Balaban J connectivity index is 1.53. The van der Waals surface area contributed by atoms with Crippen LogP contribution in [0.5, 0.6) is 0 Å². The maximum Gasteiger partial charge on any atom is 0.253 e. The van der Waals surface area contributed by atoms with Crippen molar-refractivity contribution in [3.63, 3.8) is 0 Å². The summed E-state index contributed by atoms with van der Waals surface area (Å²) in [5, 5.41) is 3.04. The number of rotatable bonds is 6. The summed E-state index contributed by atoms with van der Waals surface area (Å²) in [5.41, 5.74) is 2.66. The molecule has 5 nitrogen and oxygen atoms in total. The molecule has 6 heteroatoms. The second-order valence-corrected chi connectivity index (χ2v) is 8.90. The van der Waals surface area contributed by atoms with Crippen molar-refractivity contribution in [2.45, 2.75) is 39.7 Å². The Morgan fingerprint density at radius 3 is 2.20 bits per heavy atom. The van der Waals surface area contributed by atoms with Crippen LogP contribution in [0.4, 0.5) is 11.4 Å². The van der Waals surface area contributed by atoms with E-state index in [0.29, 0.717) is 37.5 Å². The molecule has 1 aliphatic heterocycles. The van der Waals surface area contributed by atoms with Gasteiger partial charge in [0.25, 0.3) is 5.91 Å². The number of hydrogen-bond acceptors (Lipinski definition) is 3. The molecule has 0 bridgehead atoms. The number of nitrogens with zero attached hydrogens (tertiary/aromatic N) is 2. The molecule has 1 aliphatic rings. The van der Waals surface area contributed by atoms with Gasteiger partial charge < -0.3 is 15.1 Å². The Kier molecular flexibility index (Phi) is 7.53. The zero-order valence-corrected chi connectivity index (χ0v) is 19.5. The molecule has 3 rings (SSSR count). The predicted octanol–water partition coefficient (Wildman–Crippen LogP) is 5.17. The van der Waals surface area contributed by atoms with Gasteiger partial charge in [0.2, 0.25) is 5.91 Å². The van der Waals surface area contributed by atoms with Gasteiger partial charge in [0.1, 0.15) is 0 Å². The molecule has 0 radical (unpaired) electrons. The van der Waals surface area contributed by atoms with Crippen molar-refractivity contribution >= 4 is 39.1 Å². The number of anilines is 2. The summed E-state index contributed by atoms with van der Waals surface area (Å²) < 4.78 is 0.953. The monoisotopic (exact) mass is 471 g/mol. The van der Waals surface area contributed by atoms with E-state index >= 15 is 0 Å². The quantitative estimate of drug-likeness (QED) is 0.631. The lowest BCUT2D eigenvalue weighted by Gasteiger charge is -2.31. The highest BCUT2D eigenvalue weighted by atomic mass is 79.9. The molecule has 2 amide bonds. The number of carbonyl (C=O) groups excluding carboxylic acids is 2. The van der Waals surface area contributed by atoms with Crippen molar-refractivity contribution in [2.75, 3.05) is 29.9 Å². The molecule has 1 N–H and O–H groups in total. The molecule has 0 aliphatic carbocycles. The highest BCUT2D eigenvalue weighted by molar-refractivity contribution is 9.10. The molecular weight excluding hydrogens is 442 g/mol. The first-order chi connectivity index (χ1) is 14.4. The first-order valence-electron chi connectivity index (χ1n) is 10.6. The molecule has 1 fully saturated rings. The second kappa shape index (κ2) is 10.1. The van der Waals surface area contributed by atoms with E-state index in [1.165, 1.54) is 0 Å². The molecule has 2 aromatic carbocycles. The number of carbonyl (C=O) groups is 2. The third-order valence-corrected chi connectivity index (χ3v) is 6.20. The van der Waals surface area contributed by atoms with Crippen molar-refractivity contribution in [1.82, 2.24) is 4.90 Å². The fraction of sp³-hybridized carbons (Fsp3) is 0.417. The van der Waals surface area contributed by atoms with Gasteiger partial charge in [-0.1, -0.05) is 15.9 Å². The number of amides is 2. The lowest BCUT2D eigenvalue weighted by molar-refractivity contribution is -0.121. The van der Waals surface area contributed by atoms with Gasteiger partial charge in [-0.25, -0.2) is 0 Å². The first-order valence-corrected chi connectivity index (χ1v) is 11.4. The van der Waals surface area contributed by atoms with Crippen molar-refractivity contribution in [3.8, 4) is 0 Å². The van der Waals surface area contributed by atoms with Crippen LogP contribution in [0, 0.1) is 5.92 Å². The second-order valence-electron chi connectivity index (χ2n) is 7.99. The van der Waals surface area contributed by atoms with Crippen molar-refractivity contribution in [3.05, 3.63) is 58.6 Å². The zero-order valence-electron chi connectivity index (χ0n) is 17.9. The van der Waals surface area contributed by atoms with Crippen LogP contribution in [0.25, 0.3) is 0 Å². The minimum absolute atomic E-state index is 0.0302. The average Bonchev–Trinajstić information content (AvgIpc) is 2.75. The van der Waals surface area contributed by atoms with Gasteiger partial charge in [0.05, 0.1) is 0 Å². The Morgan fingerprint density at radius 2 is 1.67 bits per heavy atom. The molecular formula is C24H30BrN3O2. The zero-order chi connectivity index (χ0) is 21.7. The number of halogens is 1. The van der Waals surface area contributed by atoms with Crippen LogP contribution < -0.4 is 10.2 Å². The van der Waals surface area contributed by atoms with E-state index in [4.69, 9.17) is 0 Å². The minimum Gasteiger partial charge on any atom is -0.369 e. The van der Waals surface area contributed by atoms with Crippen LogP contribution >= 0.6 is 15.9 Å². The standard InChI is InChI=1S/C24H30BrN3O2/c1-4-28(17(2)3)22-11-9-21(10-12-22)26-23(29)18-13-15-27(16-14-18)24(30)19-5-7-20(25)8-6-19/h5-12,17-18H,4,13-16H2,1-3H3,(H,26,29). The van der Waals surface area contributed by atoms with E-state index in [-0.39, 0.29) is 17.7 Å². The number of hydrogen-bond donors (Lipinski definition) is 1. The summed E-state index contributed by atoms with van der Waals surface area (Å²) in [5.74, 6) is -0.00118. The van der Waals surface area contributed by atoms with E-state index in [1.54, 1.807) is 0 Å². The SMILES string of the molecule is CCN(c1ccc(NC(=O)C2CCN(C(=O)c3ccc(Br)cc3)CC2)cc1)C(C)C. The largest absolute Gasteiger partial charge is 0.369 e. The Morgan fingerprint density at radius 1 is 1.07 bits per heavy atom. The van der Waals surface area contributed by atoms with Gasteiger partial charge in [-0.3, -0.25) is 9.59 Å². The van der Waals surface area contributed by atoms with Gasteiger partial charge in [0, 0.05) is 53.0 Å². The van der Waals surface area contributed by atoms with E-state index in [0.717, 1.165) is 22.4 Å². The molecule has 0 unspecified atom stereocenters. The smallest absolute Gasteiger partial charge is 0.253 e. The normalized spacial score (nSPS) is 14.6. The molecule has 0 aromatic heterocycles. The summed E-state index contributed by atoms with van der Waals surface area (Å²) in [6.07, 6.45) is 1.37. The Labute approximate surface area is 187 Å². The van der Waals surface area contributed by atoms with Crippen LogP contribution in [0.15, 0.2) is 53.0 Å².